The number of hydrogen-bond acceptors (Lipinski definition) is 10. The Kier molecular flexibility index (Phi) is 13.0. The molecular weight excluding hydrogens is 476 g/mol. The van der Waals surface area contributed by atoms with Gasteiger partial charge >= 0.3 is 11.9 Å². The summed E-state index contributed by atoms with van der Waals surface area (Å²) >= 11 is 0. The van der Waals surface area contributed by atoms with Gasteiger partial charge in [0.05, 0.1) is 12.7 Å². The first-order valence-corrected chi connectivity index (χ1v) is 12.7. The molecule has 0 aromatic heterocycles. The van der Waals surface area contributed by atoms with E-state index >= 15 is 0 Å². The Morgan fingerprint density at radius 2 is 1.75 bits per heavy atom. The first-order valence-electron chi connectivity index (χ1n) is 12.7. The third-order valence-electron chi connectivity index (χ3n) is 6.63. The Hall–Kier alpha value is -1.89. The number of rotatable bonds is 15. The standard InChI is InChI=1S/C25H40O11/c1-2-3-6-9-15-16(18(27)14-17(15)26)10-7-4-5-8-11-19(28)34-12-13-35-25-22(31)20(29)21(30)23(36-25)24(32)33/h6,9,15-17,20-23,25-26,29-31H,2-5,7-8,10-14H2,1H3,(H,32,33)/t15?,16?,17?,20-,21-,22+,23-,25?/m0/s1. The van der Waals surface area contributed by atoms with Gasteiger partial charge in [0.25, 0.3) is 0 Å². The molecule has 11 heteroatoms. The van der Waals surface area contributed by atoms with Crippen LogP contribution in [0.1, 0.15) is 64.7 Å². The van der Waals surface area contributed by atoms with Gasteiger partial charge in [-0.1, -0.05) is 44.8 Å². The van der Waals surface area contributed by atoms with Gasteiger partial charge in [-0.25, -0.2) is 4.79 Å². The molecule has 0 aromatic carbocycles. The van der Waals surface area contributed by atoms with Crippen LogP contribution in [0.4, 0.5) is 0 Å². The lowest BCUT2D eigenvalue weighted by Crippen LogP contribution is -2.60. The number of hydrogen-bond donors (Lipinski definition) is 5. The summed E-state index contributed by atoms with van der Waals surface area (Å²) < 4.78 is 15.2. The minimum atomic E-state index is -1.80. The highest BCUT2D eigenvalue weighted by Gasteiger charge is 2.47. The van der Waals surface area contributed by atoms with Crippen molar-refractivity contribution in [3.8, 4) is 0 Å². The van der Waals surface area contributed by atoms with Crippen LogP contribution >= 0.6 is 0 Å². The van der Waals surface area contributed by atoms with Crippen LogP contribution in [-0.4, -0.2) is 93.3 Å². The highest BCUT2D eigenvalue weighted by Crippen LogP contribution is 2.34. The second-order valence-electron chi connectivity index (χ2n) is 9.42. The topological polar surface area (TPSA) is 180 Å². The zero-order chi connectivity index (χ0) is 26.7. The van der Waals surface area contributed by atoms with Crippen molar-refractivity contribution in [1.29, 1.82) is 0 Å². The van der Waals surface area contributed by atoms with Crippen LogP contribution in [0.15, 0.2) is 12.2 Å². The Labute approximate surface area is 211 Å². The predicted molar refractivity (Wildman–Crippen MR) is 126 cm³/mol. The van der Waals surface area contributed by atoms with E-state index in [1.807, 2.05) is 12.2 Å². The number of unbranched alkanes of at least 4 members (excludes halogenated alkanes) is 4. The van der Waals surface area contributed by atoms with Gasteiger partial charge in [0, 0.05) is 24.7 Å². The maximum atomic E-state index is 12.2. The zero-order valence-electron chi connectivity index (χ0n) is 20.7. The molecule has 2 fully saturated rings. The lowest BCUT2D eigenvalue weighted by molar-refractivity contribution is -0.295. The molecule has 1 aliphatic heterocycles. The monoisotopic (exact) mass is 516 g/mol. The number of aliphatic hydroxyl groups is 4. The van der Waals surface area contributed by atoms with E-state index in [-0.39, 0.29) is 43.7 Å². The van der Waals surface area contributed by atoms with Gasteiger partial charge in [0.15, 0.2) is 12.4 Å². The Morgan fingerprint density at radius 3 is 2.44 bits per heavy atom. The number of aliphatic hydroxyl groups excluding tert-OH is 4. The average Bonchev–Trinajstić information content (AvgIpc) is 3.10. The van der Waals surface area contributed by atoms with Gasteiger partial charge in [-0.15, -0.1) is 0 Å². The minimum Gasteiger partial charge on any atom is -0.479 e. The molecule has 1 saturated carbocycles. The molecule has 0 radical (unpaired) electrons. The van der Waals surface area contributed by atoms with Gasteiger partial charge in [-0.2, -0.15) is 0 Å². The lowest BCUT2D eigenvalue weighted by atomic mass is 9.88. The van der Waals surface area contributed by atoms with Gasteiger partial charge in [0.1, 0.15) is 30.7 Å². The molecule has 0 amide bonds. The SMILES string of the molecule is CCCC=CC1C(O)CC(=O)C1CCCCCCC(=O)OCCOC1O[C@H](C(=O)O)[C@@H](O)[C@H](O)[C@H]1O. The largest absolute Gasteiger partial charge is 0.479 e. The number of ketones is 1. The van der Waals surface area contributed by atoms with E-state index in [1.54, 1.807) is 0 Å². The smallest absolute Gasteiger partial charge is 0.335 e. The molecule has 206 valence electrons. The molecular formula is C25H40O11. The maximum Gasteiger partial charge on any atom is 0.335 e. The fourth-order valence-electron chi connectivity index (χ4n) is 4.58. The second-order valence-corrected chi connectivity index (χ2v) is 9.42. The summed E-state index contributed by atoms with van der Waals surface area (Å²) in [7, 11) is 0. The molecule has 4 unspecified atom stereocenters. The van der Waals surface area contributed by atoms with E-state index in [4.69, 9.17) is 19.3 Å². The van der Waals surface area contributed by atoms with Gasteiger partial charge < -0.3 is 39.7 Å². The van der Waals surface area contributed by atoms with Gasteiger partial charge in [0.2, 0.25) is 0 Å². The molecule has 8 atom stereocenters. The molecule has 36 heavy (non-hydrogen) atoms. The third kappa shape index (κ3) is 8.89. The van der Waals surface area contributed by atoms with Crippen molar-refractivity contribution in [1.82, 2.24) is 0 Å². The quantitative estimate of drug-likeness (QED) is 0.117. The molecule has 2 rings (SSSR count). The third-order valence-corrected chi connectivity index (χ3v) is 6.63. The van der Waals surface area contributed by atoms with Crippen molar-refractivity contribution in [3.63, 3.8) is 0 Å². The average molecular weight is 517 g/mol. The molecule has 5 N–H and O–H groups in total. The molecule has 1 aliphatic carbocycles. The van der Waals surface area contributed by atoms with Crippen LogP contribution in [0.2, 0.25) is 0 Å². The van der Waals surface area contributed by atoms with Crippen LogP contribution < -0.4 is 0 Å². The van der Waals surface area contributed by atoms with Gasteiger partial charge in [-0.3, -0.25) is 9.59 Å². The lowest BCUT2D eigenvalue weighted by Gasteiger charge is -2.38. The summed E-state index contributed by atoms with van der Waals surface area (Å²) in [6.07, 6.45) is 1.19. The van der Waals surface area contributed by atoms with E-state index in [0.717, 1.165) is 38.5 Å². The Bertz CT molecular complexity index is 740. The van der Waals surface area contributed by atoms with Crippen LogP contribution in [0.25, 0.3) is 0 Å². The fraction of sp³-hybridized carbons (Fsp3) is 0.800. The predicted octanol–water partition coefficient (Wildman–Crippen LogP) is 0.701. The highest BCUT2D eigenvalue weighted by molar-refractivity contribution is 5.84. The normalized spacial score (nSPS) is 32.8. The molecule has 1 heterocycles. The number of carboxylic acids is 1. The molecule has 0 spiro atoms. The summed E-state index contributed by atoms with van der Waals surface area (Å²) in [5.41, 5.74) is 0. The zero-order valence-corrected chi connectivity index (χ0v) is 20.7. The van der Waals surface area contributed by atoms with Crippen LogP contribution in [0.5, 0.6) is 0 Å². The molecule has 2 aliphatic rings. The van der Waals surface area contributed by atoms with E-state index in [9.17, 15) is 34.8 Å². The van der Waals surface area contributed by atoms with E-state index in [1.165, 1.54) is 0 Å². The Morgan fingerprint density at radius 1 is 1.03 bits per heavy atom. The highest BCUT2D eigenvalue weighted by atomic mass is 16.7. The van der Waals surface area contributed by atoms with Crippen molar-refractivity contribution < 1.29 is 54.1 Å². The number of aliphatic carboxylic acids is 1. The molecule has 1 saturated heterocycles. The summed E-state index contributed by atoms with van der Waals surface area (Å²) in [4.78, 5) is 35.2. The van der Waals surface area contributed by atoms with E-state index in [2.05, 4.69) is 6.92 Å². The van der Waals surface area contributed by atoms with Gasteiger partial charge in [-0.05, 0) is 19.3 Å². The molecule has 0 aromatic rings. The fourth-order valence-corrected chi connectivity index (χ4v) is 4.58. The number of allylic oxidation sites excluding steroid dienone is 1. The number of ether oxygens (including phenoxy) is 3. The first-order chi connectivity index (χ1) is 17.2. The maximum absolute atomic E-state index is 12.2. The molecule has 0 bridgehead atoms. The summed E-state index contributed by atoms with van der Waals surface area (Å²) in [6.45, 7) is 1.73. The number of Topliss-reactive ketones (excluding diaryl/α,β-unsaturated/α-hetero) is 1. The van der Waals surface area contributed by atoms with Crippen LogP contribution in [0, 0.1) is 11.8 Å². The van der Waals surface area contributed by atoms with Crippen molar-refractivity contribution in [2.24, 2.45) is 11.8 Å². The summed E-state index contributed by atoms with van der Waals surface area (Å²) in [5, 5.41) is 48.4. The summed E-state index contributed by atoms with van der Waals surface area (Å²) in [6, 6.07) is 0. The number of carbonyl (C=O) groups excluding carboxylic acids is 2. The minimum absolute atomic E-state index is 0.107. The van der Waals surface area contributed by atoms with Crippen molar-refractivity contribution in [2.45, 2.75) is 102 Å². The van der Waals surface area contributed by atoms with E-state index < -0.39 is 48.7 Å². The van der Waals surface area contributed by atoms with Crippen molar-refractivity contribution >= 4 is 17.7 Å². The van der Waals surface area contributed by atoms with Crippen LogP contribution in [0.3, 0.4) is 0 Å². The van der Waals surface area contributed by atoms with Crippen LogP contribution in [-0.2, 0) is 28.6 Å². The Balaban J connectivity index is 1.57. The van der Waals surface area contributed by atoms with E-state index in [0.29, 0.717) is 6.42 Å². The van der Waals surface area contributed by atoms with Crippen molar-refractivity contribution in [2.75, 3.05) is 13.2 Å². The first kappa shape index (κ1) is 30.3. The second kappa shape index (κ2) is 15.4. The molecule has 11 nitrogen and oxygen atoms in total. The van der Waals surface area contributed by atoms with Crippen molar-refractivity contribution in [3.05, 3.63) is 12.2 Å². The number of carbonyl (C=O) groups is 3. The number of carboxylic acid groups (broad SMARTS) is 1. The number of esters is 1. The summed E-state index contributed by atoms with van der Waals surface area (Å²) in [5.74, 6) is -2.07.